The van der Waals surface area contributed by atoms with E-state index in [0.717, 1.165) is 5.57 Å². The number of aliphatic hydroxyl groups is 1. The van der Waals surface area contributed by atoms with E-state index in [1.807, 2.05) is 6.92 Å². The standard InChI is InChI=1S/C14H23F3N2O3/c1-10(2)9-22-8-5-18-13(21)19-6-3-11(4-7-19)12(20)14(15,16)17/h11-12,20H,1,3-9H2,2H3,(H,18,21). The van der Waals surface area contributed by atoms with Crippen molar-refractivity contribution >= 4 is 6.03 Å². The van der Waals surface area contributed by atoms with Gasteiger partial charge in [0.25, 0.3) is 0 Å². The van der Waals surface area contributed by atoms with E-state index in [1.165, 1.54) is 4.90 Å². The van der Waals surface area contributed by atoms with Crippen molar-refractivity contribution < 1.29 is 27.8 Å². The zero-order valence-corrected chi connectivity index (χ0v) is 12.7. The summed E-state index contributed by atoms with van der Waals surface area (Å²) < 4.78 is 42.5. The number of likely N-dealkylation sites (tertiary alicyclic amines) is 1. The molecule has 0 radical (unpaired) electrons. The number of carbonyl (C=O) groups excluding carboxylic acids is 1. The number of carbonyl (C=O) groups is 1. The van der Waals surface area contributed by atoms with Gasteiger partial charge in [0.15, 0.2) is 6.10 Å². The zero-order chi connectivity index (χ0) is 16.8. The molecule has 8 heteroatoms. The zero-order valence-electron chi connectivity index (χ0n) is 12.7. The van der Waals surface area contributed by atoms with Gasteiger partial charge in [-0.05, 0) is 25.7 Å². The van der Waals surface area contributed by atoms with E-state index in [-0.39, 0.29) is 32.0 Å². The Bertz CT molecular complexity index is 380. The summed E-state index contributed by atoms with van der Waals surface area (Å²) in [5, 5.41) is 11.9. The maximum atomic E-state index is 12.4. The molecule has 1 rings (SSSR count). The first kappa shape index (κ1) is 18.8. The van der Waals surface area contributed by atoms with Crippen LogP contribution >= 0.6 is 0 Å². The van der Waals surface area contributed by atoms with Crippen molar-refractivity contribution in [3.8, 4) is 0 Å². The minimum Gasteiger partial charge on any atom is -0.383 e. The molecule has 0 aliphatic carbocycles. The number of aliphatic hydroxyl groups excluding tert-OH is 1. The molecule has 5 nitrogen and oxygen atoms in total. The Hall–Kier alpha value is -1.28. The van der Waals surface area contributed by atoms with Gasteiger partial charge in [-0.1, -0.05) is 12.2 Å². The van der Waals surface area contributed by atoms with Gasteiger partial charge in [-0.25, -0.2) is 4.79 Å². The number of amides is 2. The lowest BCUT2D eigenvalue weighted by molar-refractivity contribution is -0.222. The van der Waals surface area contributed by atoms with E-state index in [4.69, 9.17) is 4.74 Å². The van der Waals surface area contributed by atoms with Crippen LogP contribution in [0, 0.1) is 5.92 Å². The number of halogens is 3. The van der Waals surface area contributed by atoms with Crippen LogP contribution in [0.1, 0.15) is 19.8 Å². The maximum Gasteiger partial charge on any atom is 0.414 e. The third-order valence-electron chi connectivity index (χ3n) is 3.48. The predicted molar refractivity (Wildman–Crippen MR) is 75.4 cm³/mol. The molecule has 0 saturated carbocycles. The SMILES string of the molecule is C=C(C)COCCNC(=O)N1CCC(C(O)C(F)(F)F)CC1. The monoisotopic (exact) mass is 324 g/mol. The fourth-order valence-electron chi connectivity index (χ4n) is 2.27. The summed E-state index contributed by atoms with van der Waals surface area (Å²) >= 11 is 0. The number of rotatable bonds is 6. The van der Waals surface area contributed by atoms with E-state index < -0.39 is 18.2 Å². The molecule has 0 spiro atoms. The summed E-state index contributed by atoms with van der Waals surface area (Å²) in [4.78, 5) is 13.3. The second-order valence-corrected chi connectivity index (χ2v) is 5.55. The van der Waals surface area contributed by atoms with Crippen LogP contribution in [0.2, 0.25) is 0 Å². The Morgan fingerprint density at radius 1 is 1.45 bits per heavy atom. The van der Waals surface area contributed by atoms with Crippen LogP contribution in [0.25, 0.3) is 0 Å². The number of nitrogens with one attached hydrogen (secondary N) is 1. The van der Waals surface area contributed by atoms with Gasteiger partial charge in [-0.3, -0.25) is 0 Å². The number of urea groups is 1. The normalized spacial score (nSPS) is 18.1. The second-order valence-electron chi connectivity index (χ2n) is 5.55. The molecular weight excluding hydrogens is 301 g/mol. The summed E-state index contributed by atoms with van der Waals surface area (Å²) in [6.45, 7) is 7.03. The van der Waals surface area contributed by atoms with Crippen molar-refractivity contribution in [2.24, 2.45) is 5.92 Å². The van der Waals surface area contributed by atoms with Crippen LogP contribution in [0.4, 0.5) is 18.0 Å². The molecule has 1 saturated heterocycles. The Morgan fingerprint density at radius 2 is 2.05 bits per heavy atom. The fraction of sp³-hybridized carbons (Fsp3) is 0.786. The van der Waals surface area contributed by atoms with Gasteiger partial charge in [-0.15, -0.1) is 0 Å². The smallest absolute Gasteiger partial charge is 0.383 e. The molecule has 128 valence electrons. The van der Waals surface area contributed by atoms with Crippen LogP contribution in [0.15, 0.2) is 12.2 Å². The van der Waals surface area contributed by atoms with E-state index in [2.05, 4.69) is 11.9 Å². The van der Waals surface area contributed by atoms with Crippen molar-refractivity contribution in [3.05, 3.63) is 12.2 Å². The van der Waals surface area contributed by atoms with Crippen molar-refractivity contribution in [1.82, 2.24) is 10.2 Å². The summed E-state index contributed by atoms with van der Waals surface area (Å²) in [6, 6.07) is -0.320. The van der Waals surface area contributed by atoms with Crippen molar-refractivity contribution in [1.29, 1.82) is 0 Å². The number of nitrogens with zero attached hydrogens (tertiary/aromatic N) is 1. The second kappa shape index (κ2) is 8.38. The predicted octanol–water partition coefficient (Wildman–Crippen LogP) is 1.92. The highest BCUT2D eigenvalue weighted by atomic mass is 19.4. The third kappa shape index (κ3) is 6.23. The molecule has 1 fully saturated rings. The average Bonchev–Trinajstić information content (AvgIpc) is 2.44. The first-order valence-electron chi connectivity index (χ1n) is 7.21. The summed E-state index contributed by atoms with van der Waals surface area (Å²) in [7, 11) is 0. The van der Waals surface area contributed by atoms with Crippen molar-refractivity contribution in [3.63, 3.8) is 0 Å². The fourth-order valence-corrected chi connectivity index (χ4v) is 2.27. The Balaban J connectivity index is 2.24. The molecule has 2 N–H and O–H groups in total. The van der Waals surface area contributed by atoms with Crippen LogP contribution in [-0.4, -0.2) is 61.2 Å². The van der Waals surface area contributed by atoms with Gasteiger partial charge in [0.1, 0.15) is 0 Å². The van der Waals surface area contributed by atoms with Crippen LogP contribution in [0.3, 0.4) is 0 Å². The van der Waals surface area contributed by atoms with Gasteiger partial charge in [0, 0.05) is 19.6 Å². The minimum absolute atomic E-state index is 0.139. The van der Waals surface area contributed by atoms with Crippen molar-refractivity contribution in [2.45, 2.75) is 32.0 Å². The largest absolute Gasteiger partial charge is 0.414 e. The molecule has 0 bridgehead atoms. The lowest BCUT2D eigenvalue weighted by Gasteiger charge is -2.34. The first-order valence-corrected chi connectivity index (χ1v) is 7.21. The number of ether oxygens (including phenoxy) is 1. The summed E-state index contributed by atoms with van der Waals surface area (Å²) in [5.41, 5.74) is 0.886. The van der Waals surface area contributed by atoms with Crippen LogP contribution in [-0.2, 0) is 4.74 Å². The molecule has 1 aliphatic rings. The molecule has 0 aromatic rings. The van der Waals surface area contributed by atoms with Gasteiger partial charge < -0.3 is 20.1 Å². The van der Waals surface area contributed by atoms with Crippen molar-refractivity contribution in [2.75, 3.05) is 32.8 Å². The van der Waals surface area contributed by atoms with Gasteiger partial charge in [0.2, 0.25) is 0 Å². The third-order valence-corrected chi connectivity index (χ3v) is 3.48. The first-order chi connectivity index (χ1) is 10.2. The molecular formula is C14H23F3N2O3. The summed E-state index contributed by atoms with van der Waals surface area (Å²) in [5.74, 6) is -0.844. The number of piperidine rings is 1. The number of hydrogen-bond acceptors (Lipinski definition) is 3. The highest BCUT2D eigenvalue weighted by Gasteiger charge is 2.44. The van der Waals surface area contributed by atoms with E-state index >= 15 is 0 Å². The topological polar surface area (TPSA) is 61.8 Å². The molecule has 1 atom stereocenters. The number of alkyl halides is 3. The Labute approximate surface area is 128 Å². The molecule has 0 aromatic heterocycles. The van der Waals surface area contributed by atoms with Gasteiger partial charge in [0.05, 0.1) is 13.2 Å². The quantitative estimate of drug-likeness (QED) is 0.580. The average molecular weight is 324 g/mol. The molecule has 1 aliphatic heterocycles. The molecule has 1 unspecified atom stereocenters. The molecule has 1 heterocycles. The lowest BCUT2D eigenvalue weighted by Crippen LogP contribution is -2.48. The van der Waals surface area contributed by atoms with Crippen LogP contribution < -0.4 is 5.32 Å². The highest BCUT2D eigenvalue weighted by Crippen LogP contribution is 2.31. The lowest BCUT2D eigenvalue weighted by atomic mass is 9.91. The van der Waals surface area contributed by atoms with Gasteiger partial charge >= 0.3 is 12.2 Å². The highest BCUT2D eigenvalue weighted by molar-refractivity contribution is 5.74. The minimum atomic E-state index is -4.60. The van der Waals surface area contributed by atoms with Gasteiger partial charge in [-0.2, -0.15) is 13.2 Å². The molecule has 22 heavy (non-hydrogen) atoms. The maximum absolute atomic E-state index is 12.4. The molecule has 0 aromatic carbocycles. The van der Waals surface area contributed by atoms with E-state index in [0.29, 0.717) is 19.8 Å². The van der Waals surface area contributed by atoms with Crippen LogP contribution in [0.5, 0.6) is 0 Å². The number of hydrogen-bond donors (Lipinski definition) is 2. The van der Waals surface area contributed by atoms with E-state index in [1.54, 1.807) is 0 Å². The Morgan fingerprint density at radius 3 is 2.55 bits per heavy atom. The van der Waals surface area contributed by atoms with E-state index in [9.17, 15) is 23.1 Å². The summed E-state index contributed by atoms with van der Waals surface area (Å²) in [6.07, 6.45) is -6.63. The Kier molecular flexibility index (Phi) is 7.15. The molecule has 2 amide bonds.